The molecule has 0 aliphatic rings. The van der Waals surface area contributed by atoms with Crippen LogP contribution in [0, 0.1) is 0 Å². The molecule has 5 nitrogen and oxygen atoms in total. The number of carbonyl (C=O) groups is 1. The average Bonchev–Trinajstić information content (AvgIpc) is 2.51. The Morgan fingerprint density at radius 1 is 1.67 bits per heavy atom. The molecule has 0 fully saturated rings. The predicted octanol–water partition coefficient (Wildman–Crippen LogP) is 1.86. The molecule has 0 saturated heterocycles. The molecule has 0 aliphatic heterocycles. The van der Waals surface area contributed by atoms with Crippen molar-refractivity contribution < 1.29 is 9.90 Å². The summed E-state index contributed by atoms with van der Waals surface area (Å²) in [6.45, 7) is 3.65. The number of nitrogens with two attached hydrogens (primary N) is 1. The van der Waals surface area contributed by atoms with Gasteiger partial charge in [-0.15, -0.1) is 10.2 Å². The van der Waals surface area contributed by atoms with Gasteiger partial charge in [-0.3, -0.25) is 4.79 Å². The Bertz CT molecular complexity index is 355. The van der Waals surface area contributed by atoms with Crippen molar-refractivity contribution in [2.24, 2.45) is 0 Å². The molecule has 0 aromatic carbocycles. The van der Waals surface area contributed by atoms with Gasteiger partial charge in [-0.05, 0) is 13.3 Å². The number of thioether (sulfide) groups is 1. The largest absolute Gasteiger partial charge is 0.480 e. The van der Waals surface area contributed by atoms with Crippen LogP contribution in [0.4, 0.5) is 5.13 Å². The second kappa shape index (κ2) is 4.80. The summed E-state index contributed by atoms with van der Waals surface area (Å²) in [5, 5.41) is 17.0. The highest BCUT2D eigenvalue weighted by molar-refractivity contribution is 8.03. The van der Waals surface area contributed by atoms with E-state index in [1.807, 2.05) is 6.92 Å². The molecule has 1 atom stereocenters. The fourth-order valence-corrected chi connectivity index (χ4v) is 3.31. The topological polar surface area (TPSA) is 89.1 Å². The summed E-state index contributed by atoms with van der Waals surface area (Å²) in [6, 6.07) is 0. The Morgan fingerprint density at radius 2 is 2.33 bits per heavy atom. The van der Waals surface area contributed by atoms with Crippen LogP contribution in [0.1, 0.15) is 26.7 Å². The van der Waals surface area contributed by atoms with Crippen LogP contribution in [0.25, 0.3) is 0 Å². The summed E-state index contributed by atoms with van der Waals surface area (Å²) in [5.74, 6) is -0.830. The zero-order valence-corrected chi connectivity index (χ0v) is 10.2. The van der Waals surface area contributed by atoms with Crippen molar-refractivity contribution in [2.75, 3.05) is 5.73 Å². The van der Waals surface area contributed by atoms with Crippen molar-refractivity contribution in [3.8, 4) is 0 Å². The summed E-state index contributed by atoms with van der Waals surface area (Å²) >= 11 is 2.42. The molecule has 1 rings (SSSR count). The number of aromatic nitrogens is 2. The molecule has 3 N–H and O–H groups in total. The first-order valence-corrected chi connectivity index (χ1v) is 6.12. The number of anilines is 1. The Morgan fingerprint density at radius 3 is 2.73 bits per heavy atom. The summed E-state index contributed by atoms with van der Waals surface area (Å²) in [5.41, 5.74) is 5.43. The minimum absolute atomic E-state index is 0.363. The highest BCUT2D eigenvalue weighted by Gasteiger charge is 2.34. The molecule has 0 amide bonds. The molecule has 84 valence electrons. The Labute approximate surface area is 96.1 Å². The Kier molecular flexibility index (Phi) is 3.92. The van der Waals surface area contributed by atoms with Gasteiger partial charge in [0.15, 0.2) is 4.34 Å². The van der Waals surface area contributed by atoms with Crippen molar-refractivity contribution in [3.63, 3.8) is 0 Å². The van der Waals surface area contributed by atoms with Gasteiger partial charge in [-0.1, -0.05) is 36.4 Å². The maximum absolute atomic E-state index is 11.1. The van der Waals surface area contributed by atoms with Crippen molar-refractivity contribution in [3.05, 3.63) is 0 Å². The van der Waals surface area contributed by atoms with E-state index in [1.54, 1.807) is 6.92 Å². The van der Waals surface area contributed by atoms with Crippen molar-refractivity contribution in [2.45, 2.75) is 35.8 Å². The first kappa shape index (κ1) is 12.3. The number of hydrogen-bond acceptors (Lipinski definition) is 6. The van der Waals surface area contributed by atoms with E-state index in [1.165, 1.54) is 23.1 Å². The third-order valence-electron chi connectivity index (χ3n) is 1.91. The molecule has 1 aromatic rings. The lowest BCUT2D eigenvalue weighted by molar-refractivity contribution is -0.139. The van der Waals surface area contributed by atoms with Crippen molar-refractivity contribution >= 4 is 34.2 Å². The van der Waals surface area contributed by atoms with Crippen LogP contribution in [0.2, 0.25) is 0 Å². The number of carboxylic acids is 1. The van der Waals surface area contributed by atoms with Gasteiger partial charge in [0.1, 0.15) is 4.75 Å². The summed E-state index contributed by atoms with van der Waals surface area (Å²) in [6.07, 6.45) is 1.40. The van der Waals surface area contributed by atoms with Crippen LogP contribution in [-0.4, -0.2) is 26.0 Å². The van der Waals surface area contributed by atoms with Crippen LogP contribution in [-0.2, 0) is 4.79 Å². The molecular weight excluding hydrogens is 234 g/mol. The van der Waals surface area contributed by atoms with E-state index >= 15 is 0 Å². The average molecular weight is 247 g/mol. The van der Waals surface area contributed by atoms with Gasteiger partial charge >= 0.3 is 5.97 Å². The zero-order valence-electron chi connectivity index (χ0n) is 8.56. The summed E-state index contributed by atoms with van der Waals surface area (Å²) < 4.78 is -0.244. The molecule has 0 bridgehead atoms. The fraction of sp³-hybridized carbons (Fsp3) is 0.625. The summed E-state index contributed by atoms with van der Waals surface area (Å²) in [4.78, 5) is 11.1. The minimum Gasteiger partial charge on any atom is -0.480 e. The van der Waals surface area contributed by atoms with Gasteiger partial charge in [-0.2, -0.15) is 0 Å². The van der Waals surface area contributed by atoms with Gasteiger partial charge in [0.2, 0.25) is 5.13 Å². The van der Waals surface area contributed by atoms with Crippen molar-refractivity contribution in [1.29, 1.82) is 0 Å². The molecule has 1 heterocycles. The highest BCUT2D eigenvalue weighted by atomic mass is 32.2. The third-order valence-corrected chi connectivity index (χ3v) is 4.05. The molecule has 15 heavy (non-hydrogen) atoms. The number of nitrogens with zero attached hydrogens (tertiary/aromatic N) is 2. The summed E-state index contributed by atoms with van der Waals surface area (Å²) in [7, 11) is 0. The van der Waals surface area contributed by atoms with Crippen LogP contribution in [0.5, 0.6) is 0 Å². The molecule has 0 radical (unpaired) electrons. The highest BCUT2D eigenvalue weighted by Crippen LogP contribution is 2.38. The number of aliphatic carboxylic acids is 1. The van der Waals surface area contributed by atoms with Gasteiger partial charge in [0.05, 0.1) is 0 Å². The van der Waals surface area contributed by atoms with Crippen LogP contribution < -0.4 is 5.73 Å². The number of carboxylic acid groups (broad SMARTS) is 1. The lowest BCUT2D eigenvalue weighted by atomic mass is 10.1. The van der Waals surface area contributed by atoms with Gasteiger partial charge in [-0.25, -0.2) is 0 Å². The molecule has 0 spiro atoms. The van der Waals surface area contributed by atoms with Crippen LogP contribution in [0.3, 0.4) is 0 Å². The zero-order chi connectivity index (χ0) is 11.5. The lowest BCUT2D eigenvalue weighted by Crippen LogP contribution is -2.30. The van der Waals surface area contributed by atoms with Crippen molar-refractivity contribution in [1.82, 2.24) is 10.2 Å². The van der Waals surface area contributed by atoms with E-state index in [0.717, 1.165) is 6.42 Å². The van der Waals surface area contributed by atoms with E-state index in [2.05, 4.69) is 10.2 Å². The first-order chi connectivity index (χ1) is 6.98. The second-order valence-electron chi connectivity index (χ2n) is 3.29. The van der Waals surface area contributed by atoms with E-state index in [-0.39, 0.29) is 0 Å². The van der Waals surface area contributed by atoms with E-state index in [9.17, 15) is 4.79 Å². The number of hydrogen-bond donors (Lipinski definition) is 2. The second-order valence-corrected chi connectivity index (χ2v) is 6.05. The first-order valence-electron chi connectivity index (χ1n) is 4.49. The minimum atomic E-state index is -0.847. The Balaban J connectivity index is 2.79. The van der Waals surface area contributed by atoms with E-state index < -0.39 is 10.7 Å². The smallest absolute Gasteiger partial charge is 0.319 e. The maximum atomic E-state index is 11.1. The normalized spacial score (nSPS) is 14.8. The quantitative estimate of drug-likeness (QED) is 0.772. The Hall–Kier alpha value is -0.820. The van der Waals surface area contributed by atoms with Gasteiger partial charge < -0.3 is 10.8 Å². The van der Waals surface area contributed by atoms with Crippen LogP contribution >= 0.6 is 23.1 Å². The molecule has 0 saturated carbocycles. The standard InChI is InChI=1S/C8H13N3O2S2/c1-3-4-8(2,5(12)13)15-7-11-10-6(9)14-7/h3-4H2,1-2H3,(H2,9,10)(H,12,13). The predicted molar refractivity (Wildman–Crippen MR) is 61.1 cm³/mol. The monoisotopic (exact) mass is 247 g/mol. The van der Waals surface area contributed by atoms with E-state index in [0.29, 0.717) is 15.9 Å². The molecular formula is C8H13N3O2S2. The van der Waals surface area contributed by atoms with E-state index in [4.69, 9.17) is 10.8 Å². The molecule has 1 unspecified atom stereocenters. The van der Waals surface area contributed by atoms with Gasteiger partial charge in [0.25, 0.3) is 0 Å². The SMILES string of the molecule is CCCC(C)(Sc1nnc(N)s1)C(=O)O. The molecule has 7 heteroatoms. The molecule has 1 aromatic heterocycles. The fourth-order valence-electron chi connectivity index (χ4n) is 1.13. The number of nitrogen functional groups attached to an aromatic ring is 1. The number of rotatable bonds is 5. The maximum Gasteiger partial charge on any atom is 0.319 e. The lowest BCUT2D eigenvalue weighted by Gasteiger charge is -2.21. The molecule has 0 aliphatic carbocycles. The third kappa shape index (κ3) is 3.07. The van der Waals surface area contributed by atoms with Crippen LogP contribution in [0.15, 0.2) is 4.34 Å². The van der Waals surface area contributed by atoms with Gasteiger partial charge in [0, 0.05) is 0 Å².